The van der Waals surface area contributed by atoms with Gasteiger partial charge in [0.1, 0.15) is 12.3 Å². The van der Waals surface area contributed by atoms with Crippen LogP contribution < -0.4 is 15.0 Å². The number of hydrogen-bond donors (Lipinski definition) is 1. The van der Waals surface area contributed by atoms with E-state index in [0.717, 1.165) is 0 Å². The Kier molecular flexibility index (Phi) is 6.06. The minimum Gasteiger partial charge on any atom is -0.497 e. The minimum absolute atomic E-state index is 0.148. The van der Waals surface area contributed by atoms with Gasteiger partial charge in [0.05, 0.1) is 17.2 Å². The van der Waals surface area contributed by atoms with Crippen molar-refractivity contribution in [1.82, 2.24) is 0 Å². The molecule has 24 heavy (non-hydrogen) atoms. The Morgan fingerprint density at radius 3 is 2.50 bits per heavy atom. The Bertz CT molecular complexity index is 765. The maximum atomic E-state index is 12.2. The van der Waals surface area contributed by atoms with Gasteiger partial charge in [-0.3, -0.25) is 9.59 Å². The molecule has 0 fully saturated rings. The molecule has 2 aromatic carbocycles. The third-order valence-corrected chi connectivity index (χ3v) is 3.99. The Hall–Kier alpha value is -2.24. The summed E-state index contributed by atoms with van der Waals surface area (Å²) in [6.07, 6.45) is 0. The summed E-state index contributed by atoms with van der Waals surface area (Å²) in [4.78, 5) is 25.4. The van der Waals surface area contributed by atoms with E-state index in [1.165, 1.54) is 11.8 Å². The highest BCUT2D eigenvalue weighted by molar-refractivity contribution is 6.42. The molecule has 0 atom stereocenters. The first-order valence-electron chi connectivity index (χ1n) is 7.07. The Morgan fingerprint density at radius 2 is 1.88 bits per heavy atom. The number of nitrogens with one attached hydrogen (secondary N) is 1. The Morgan fingerprint density at radius 1 is 1.12 bits per heavy atom. The average Bonchev–Trinajstić information content (AvgIpc) is 2.55. The molecule has 0 unspecified atom stereocenters. The maximum absolute atomic E-state index is 12.2. The van der Waals surface area contributed by atoms with Crippen LogP contribution in [0, 0.1) is 0 Å². The van der Waals surface area contributed by atoms with Crippen molar-refractivity contribution in [2.45, 2.75) is 6.92 Å². The molecule has 0 saturated carbocycles. The van der Waals surface area contributed by atoms with Crippen molar-refractivity contribution in [2.75, 3.05) is 23.9 Å². The van der Waals surface area contributed by atoms with E-state index in [-0.39, 0.29) is 18.4 Å². The first-order chi connectivity index (χ1) is 11.4. The van der Waals surface area contributed by atoms with Gasteiger partial charge < -0.3 is 15.0 Å². The second kappa shape index (κ2) is 8.04. The number of carbonyl (C=O) groups excluding carboxylic acids is 2. The van der Waals surface area contributed by atoms with Crippen LogP contribution in [0.2, 0.25) is 10.0 Å². The fourth-order valence-electron chi connectivity index (χ4n) is 2.08. The molecule has 2 aromatic rings. The lowest BCUT2D eigenvalue weighted by Crippen LogP contribution is -2.36. The third kappa shape index (κ3) is 4.63. The zero-order valence-electron chi connectivity index (χ0n) is 13.2. The predicted octanol–water partition coefficient (Wildman–Crippen LogP) is 3.99. The molecule has 2 rings (SSSR count). The normalized spacial score (nSPS) is 10.2. The number of halogens is 2. The van der Waals surface area contributed by atoms with Crippen molar-refractivity contribution in [3.05, 3.63) is 52.5 Å². The fourth-order valence-corrected chi connectivity index (χ4v) is 2.37. The molecular formula is C17H16Cl2N2O3. The monoisotopic (exact) mass is 366 g/mol. The largest absolute Gasteiger partial charge is 0.497 e. The lowest BCUT2D eigenvalue weighted by Gasteiger charge is -2.21. The first-order valence-corrected chi connectivity index (χ1v) is 7.83. The molecule has 7 heteroatoms. The molecule has 2 amide bonds. The lowest BCUT2D eigenvalue weighted by molar-refractivity contribution is -0.120. The number of rotatable bonds is 5. The van der Waals surface area contributed by atoms with E-state index < -0.39 is 0 Å². The molecule has 0 spiro atoms. The first kappa shape index (κ1) is 18.1. The van der Waals surface area contributed by atoms with E-state index in [2.05, 4.69) is 5.32 Å². The molecule has 0 bridgehead atoms. The van der Waals surface area contributed by atoms with Crippen LogP contribution in [-0.2, 0) is 9.59 Å². The van der Waals surface area contributed by atoms with Crippen LogP contribution in [0.3, 0.4) is 0 Å². The summed E-state index contributed by atoms with van der Waals surface area (Å²) in [5, 5.41) is 3.42. The predicted molar refractivity (Wildman–Crippen MR) is 96.1 cm³/mol. The SMILES string of the molecule is COc1cccc(NC(=O)CN(C(C)=O)c2ccc(Cl)c(Cl)c2)c1. The smallest absolute Gasteiger partial charge is 0.244 e. The van der Waals surface area contributed by atoms with Crippen molar-refractivity contribution in [3.8, 4) is 5.75 Å². The van der Waals surface area contributed by atoms with Crippen molar-refractivity contribution in [3.63, 3.8) is 0 Å². The maximum Gasteiger partial charge on any atom is 0.244 e. The van der Waals surface area contributed by atoms with E-state index in [1.54, 1.807) is 49.6 Å². The minimum atomic E-state index is -0.343. The van der Waals surface area contributed by atoms with Crippen LogP contribution in [0.5, 0.6) is 5.75 Å². The molecule has 0 aliphatic carbocycles. The zero-order chi connectivity index (χ0) is 17.7. The molecule has 0 saturated heterocycles. The van der Waals surface area contributed by atoms with Gasteiger partial charge in [-0.05, 0) is 30.3 Å². The summed E-state index contributed by atoms with van der Waals surface area (Å²) in [5.41, 5.74) is 1.08. The highest BCUT2D eigenvalue weighted by Crippen LogP contribution is 2.27. The number of anilines is 2. The van der Waals surface area contributed by atoms with Crippen LogP contribution in [-0.4, -0.2) is 25.5 Å². The van der Waals surface area contributed by atoms with Crippen LogP contribution in [0.1, 0.15) is 6.92 Å². The van der Waals surface area contributed by atoms with Crippen LogP contribution in [0.15, 0.2) is 42.5 Å². The van der Waals surface area contributed by atoms with Crippen molar-refractivity contribution in [1.29, 1.82) is 0 Å². The Labute approximate surface area is 150 Å². The molecule has 0 heterocycles. The zero-order valence-corrected chi connectivity index (χ0v) is 14.7. The average molecular weight is 367 g/mol. The molecule has 5 nitrogen and oxygen atoms in total. The number of methoxy groups -OCH3 is 1. The van der Waals surface area contributed by atoms with Gasteiger partial charge >= 0.3 is 0 Å². The van der Waals surface area contributed by atoms with Gasteiger partial charge in [-0.15, -0.1) is 0 Å². The summed E-state index contributed by atoms with van der Waals surface area (Å²) < 4.78 is 5.11. The fraction of sp³-hybridized carbons (Fsp3) is 0.176. The third-order valence-electron chi connectivity index (χ3n) is 3.25. The van der Waals surface area contributed by atoms with Gasteiger partial charge in [-0.25, -0.2) is 0 Å². The molecular weight excluding hydrogens is 351 g/mol. The number of benzene rings is 2. The van der Waals surface area contributed by atoms with Gasteiger partial charge in [0.25, 0.3) is 0 Å². The highest BCUT2D eigenvalue weighted by atomic mass is 35.5. The van der Waals surface area contributed by atoms with Gasteiger partial charge in [0, 0.05) is 24.4 Å². The summed E-state index contributed by atoms with van der Waals surface area (Å²) in [6.45, 7) is 1.23. The molecule has 0 aliphatic rings. The van der Waals surface area contributed by atoms with E-state index in [1.807, 2.05) is 0 Å². The molecule has 0 aromatic heterocycles. The van der Waals surface area contributed by atoms with Crippen molar-refractivity contribution < 1.29 is 14.3 Å². The van der Waals surface area contributed by atoms with Crippen LogP contribution in [0.25, 0.3) is 0 Å². The van der Waals surface area contributed by atoms with Crippen LogP contribution in [0.4, 0.5) is 11.4 Å². The van der Waals surface area contributed by atoms with E-state index in [4.69, 9.17) is 27.9 Å². The molecule has 0 aliphatic heterocycles. The van der Waals surface area contributed by atoms with Gasteiger partial charge in [0.15, 0.2) is 0 Å². The van der Waals surface area contributed by atoms with Crippen molar-refractivity contribution in [2.24, 2.45) is 0 Å². The second-order valence-electron chi connectivity index (χ2n) is 4.98. The van der Waals surface area contributed by atoms with E-state index in [9.17, 15) is 9.59 Å². The highest BCUT2D eigenvalue weighted by Gasteiger charge is 2.17. The Balaban J connectivity index is 2.13. The summed E-state index contributed by atoms with van der Waals surface area (Å²) in [6, 6.07) is 11.7. The number of amides is 2. The number of hydrogen-bond acceptors (Lipinski definition) is 3. The van der Waals surface area contributed by atoms with E-state index >= 15 is 0 Å². The summed E-state index contributed by atoms with van der Waals surface area (Å²) >= 11 is 11.9. The van der Waals surface area contributed by atoms with Gasteiger partial charge in [-0.2, -0.15) is 0 Å². The quantitative estimate of drug-likeness (QED) is 0.869. The van der Waals surface area contributed by atoms with Crippen LogP contribution >= 0.6 is 23.2 Å². The molecule has 0 radical (unpaired) electrons. The number of carbonyl (C=O) groups is 2. The summed E-state index contributed by atoms with van der Waals surface area (Å²) in [5.74, 6) is -0.000543. The number of nitrogens with zero attached hydrogens (tertiary/aromatic N) is 1. The second-order valence-corrected chi connectivity index (χ2v) is 5.80. The van der Waals surface area contributed by atoms with Gasteiger partial charge in [-0.1, -0.05) is 29.3 Å². The lowest BCUT2D eigenvalue weighted by atomic mass is 10.2. The molecule has 126 valence electrons. The molecule has 1 N–H and O–H groups in total. The van der Waals surface area contributed by atoms with E-state index in [0.29, 0.717) is 27.2 Å². The van der Waals surface area contributed by atoms with Gasteiger partial charge in [0.2, 0.25) is 11.8 Å². The number of ether oxygens (including phenoxy) is 1. The topological polar surface area (TPSA) is 58.6 Å². The standard InChI is InChI=1S/C17H16Cl2N2O3/c1-11(22)21(13-6-7-15(18)16(19)9-13)10-17(23)20-12-4-3-5-14(8-12)24-2/h3-9H,10H2,1-2H3,(H,20,23). The summed E-state index contributed by atoms with van der Waals surface area (Å²) in [7, 11) is 1.54. The van der Waals surface area contributed by atoms with Crippen molar-refractivity contribution >= 4 is 46.4 Å².